The van der Waals surface area contributed by atoms with Crippen LogP contribution in [-0.2, 0) is 5.41 Å². The maximum atomic E-state index is 6.31. The van der Waals surface area contributed by atoms with Crippen LogP contribution in [0.2, 0.25) is 0 Å². The van der Waals surface area contributed by atoms with Gasteiger partial charge in [0.25, 0.3) is 0 Å². The van der Waals surface area contributed by atoms with Crippen molar-refractivity contribution in [2.24, 2.45) is 0 Å². The lowest BCUT2D eigenvalue weighted by atomic mass is 9.82. The molecule has 5 nitrogen and oxygen atoms in total. The Morgan fingerprint density at radius 1 is 0.453 bits per heavy atom. The van der Waals surface area contributed by atoms with Crippen molar-refractivity contribution < 1.29 is 4.42 Å². The Kier molecular flexibility index (Phi) is 6.23. The average Bonchev–Trinajstić information content (AvgIpc) is 3.83. The second kappa shape index (κ2) is 11.1. The molecule has 0 aliphatic heterocycles. The molecule has 10 aromatic rings. The second-order valence-electron chi connectivity index (χ2n) is 14.4. The zero-order valence-corrected chi connectivity index (χ0v) is 29.2. The number of nitrogens with zero attached hydrogens (tertiary/aromatic N) is 4. The van der Waals surface area contributed by atoms with E-state index in [9.17, 15) is 0 Å². The summed E-state index contributed by atoms with van der Waals surface area (Å²) in [5.74, 6) is 1.76. The number of rotatable bonds is 4. The third kappa shape index (κ3) is 4.40. The van der Waals surface area contributed by atoms with E-state index in [0.717, 1.165) is 60.6 Å². The summed E-state index contributed by atoms with van der Waals surface area (Å²) in [7, 11) is 0. The van der Waals surface area contributed by atoms with Crippen molar-refractivity contribution in [2.75, 3.05) is 0 Å². The summed E-state index contributed by atoms with van der Waals surface area (Å²) in [6.45, 7) is 4.66. The molecule has 3 heterocycles. The van der Waals surface area contributed by atoms with E-state index < -0.39 is 0 Å². The standard InChI is InChI=1S/C48H32N4O/c1-48(2)38-19-9-6-15-32(38)36-28-41-37(27-39(36)48)33-16-7-10-20-40(33)52(41)47-50-45(31-25-23-30(24-26-31)29-13-4-3-5-14-29)49-46(51-47)35-18-12-22-43-44(35)34-17-8-11-21-42(34)53-43/h3-28H,1-2H3. The molecule has 5 heteroatoms. The first kappa shape index (κ1) is 29.8. The number of benzene rings is 7. The van der Waals surface area contributed by atoms with Gasteiger partial charge in [0.05, 0.1) is 11.0 Å². The van der Waals surface area contributed by atoms with Gasteiger partial charge in [-0.3, -0.25) is 4.57 Å². The number of aromatic nitrogens is 4. The van der Waals surface area contributed by atoms with Crippen LogP contribution in [-0.4, -0.2) is 19.5 Å². The quantitative estimate of drug-likeness (QED) is 0.186. The van der Waals surface area contributed by atoms with Crippen LogP contribution in [0, 0.1) is 0 Å². The molecule has 53 heavy (non-hydrogen) atoms. The number of hydrogen-bond acceptors (Lipinski definition) is 4. The molecule has 0 N–H and O–H groups in total. The smallest absolute Gasteiger partial charge is 0.238 e. The SMILES string of the molecule is CC1(C)c2ccccc2-c2cc3c(cc21)c1ccccc1n3-c1nc(-c2ccc(-c3ccccc3)cc2)nc(-c2cccc3oc4ccccc4c23)n1. The lowest BCUT2D eigenvalue weighted by molar-refractivity contribution is 0.661. The topological polar surface area (TPSA) is 56.7 Å². The lowest BCUT2D eigenvalue weighted by Gasteiger charge is -2.21. The van der Waals surface area contributed by atoms with E-state index in [0.29, 0.717) is 17.6 Å². The van der Waals surface area contributed by atoms with Gasteiger partial charge in [-0.1, -0.05) is 141 Å². The molecule has 0 amide bonds. The average molecular weight is 681 g/mol. The summed E-state index contributed by atoms with van der Waals surface area (Å²) in [4.78, 5) is 15.8. The van der Waals surface area contributed by atoms with Gasteiger partial charge in [0.1, 0.15) is 11.2 Å². The molecule has 7 aromatic carbocycles. The monoisotopic (exact) mass is 680 g/mol. The predicted octanol–water partition coefficient (Wildman–Crippen LogP) is 12.2. The molecule has 250 valence electrons. The molecular weight excluding hydrogens is 649 g/mol. The van der Waals surface area contributed by atoms with Crippen molar-refractivity contribution in [1.29, 1.82) is 0 Å². The predicted molar refractivity (Wildman–Crippen MR) is 215 cm³/mol. The fourth-order valence-corrected chi connectivity index (χ4v) is 8.50. The Morgan fingerprint density at radius 3 is 1.98 bits per heavy atom. The van der Waals surface area contributed by atoms with E-state index in [2.05, 4.69) is 140 Å². The van der Waals surface area contributed by atoms with Crippen molar-refractivity contribution in [2.45, 2.75) is 19.3 Å². The Balaban J connectivity index is 1.20. The molecule has 0 bridgehead atoms. The van der Waals surface area contributed by atoms with E-state index in [4.69, 9.17) is 19.4 Å². The first-order valence-corrected chi connectivity index (χ1v) is 18.0. The molecule has 1 aliphatic rings. The van der Waals surface area contributed by atoms with Crippen LogP contribution in [0.3, 0.4) is 0 Å². The summed E-state index contributed by atoms with van der Waals surface area (Å²) in [6.07, 6.45) is 0. The molecule has 11 rings (SSSR count). The Hall–Kier alpha value is -6.85. The highest BCUT2D eigenvalue weighted by Crippen LogP contribution is 2.51. The van der Waals surface area contributed by atoms with Gasteiger partial charge in [-0.25, -0.2) is 4.98 Å². The van der Waals surface area contributed by atoms with Crippen molar-refractivity contribution in [3.05, 3.63) is 169 Å². The number of hydrogen-bond donors (Lipinski definition) is 0. The van der Waals surface area contributed by atoms with Crippen molar-refractivity contribution >= 4 is 43.7 Å². The molecule has 0 atom stereocenters. The zero-order valence-electron chi connectivity index (χ0n) is 29.2. The van der Waals surface area contributed by atoms with Crippen molar-refractivity contribution in [1.82, 2.24) is 19.5 Å². The van der Waals surface area contributed by atoms with Gasteiger partial charge >= 0.3 is 0 Å². The molecule has 0 spiro atoms. The van der Waals surface area contributed by atoms with E-state index in [1.54, 1.807) is 0 Å². The molecular formula is C48H32N4O. The molecule has 1 aliphatic carbocycles. The van der Waals surface area contributed by atoms with Gasteiger partial charge in [0.2, 0.25) is 5.95 Å². The highest BCUT2D eigenvalue weighted by atomic mass is 16.3. The summed E-state index contributed by atoms with van der Waals surface area (Å²) >= 11 is 0. The Labute approximate surface area is 305 Å². The summed E-state index contributed by atoms with van der Waals surface area (Å²) in [5, 5.41) is 4.36. The van der Waals surface area contributed by atoms with Gasteiger partial charge in [0, 0.05) is 38.1 Å². The molecule has 3 aromatic heterocycles. The number of para-hydroxylation sites is 2. The summed E-state index contributed by atoms with van der Waals surface area (Å²) in [6, 6.07) is 55.3. The second-order valence-corrected chi connectivity index (χ2v) is 14.4. The van der Waals surface area contributed by atoms with Gasteiger partial charge in [-0.2, -0.15) is 9.97 Å². The summed E-state index contributed by atoms with van der Waals surface area (Å²) in [5.41, 5.74) is 13.0. The molecule has 0 unspecified atom stereocenters. The van der Waals surface area contributed by atoms with Crippen LogP contribution in [0.5, 0.6) is 0 Å². The molecule has 0 fully saturated rings. The van der Waals surface area contributed by atoms with Crippen molar-refractivity contribution in [3.8, 4) is 51.0 Å². The highest BCUT2D eigenvalue weighted by molar-refractivity contribution is 6.13. The van der Waals surface area contributed by atoms with Gasteiger partial charge in [-0.05, 0) is 63.7 Å². The van der Waals surface area contributed by atoms with Crippen LogP contribution >= 0.6 is 0 Å². The normalized spacial score (nSPS) is 13.2. The third-order valence-electron chi connectivity index (χ3n) is 11.1. The first-order valence-electron chi connectivity index (χ1n) is 18.0. The molecule has 0 saturated carbocycles. The Morgan fingerprint density at radius 2 is 1.11 bits per heavy atom. The van der Waals surface area contributed by atoms with Crippen LogP contribution in [0.15, 0.2) is 162 Å². The number of fused-ring (bicyclic) bond motifs is 9. The maximum Gasteiger partial charge on any atom is 0.238 e. The van der Waals surface area contributed by atoms with Crippen LogP contribution in [0.4, 0.5) is 0 Å². The Bertz CT molecular complexity index is 3080. The van der Waals surface area contributed by atoms with E-state index in [1.165, 1.54) is 27.6 Å². The van der Waals surface area contributed by atoms with Crippen molar-refractivity contribution in [3.63, 3.8) is 0 Å². The fraction of sp³-hybridized carbons (Fsp3) is 0.0625. The van der Waals surface area contributed by atoms with E-state index in [1.807, 2.05) is 36.4 Å². The first-order chi connectivity index (χ1) is 26.0. The van der Waals surface area contributed by atoms with Gasteiger partial charge in [-0.15, -0.1) is 0 Å². The third-order valence-corrected chi connectivity index (χ3v) is 11.1. The minimum atomic E-state index is -0.116. The zero-order chi connectivity index (χ0) is 35.3. The van der Waals surface area contributed by atoms with Crippen LogP contribution < -0.4 is 0 Å². The largest absolute Gasteiger partial charge is 0.456 e. The minimum absolute atomic E-state index is 0.116. The van der Waals surface area contributed by atoms with Gasteiger partial charge < -0.3 is 4.42 Å². The highest BCUT2D eigenvalue weighted by Gasteiger charge is 2.36. The fourth-order valence-electron chi connectivity index (χ4n) is 8.50. The van der Waals surface area contributed by atoms with Crippen LogP contribution in [0.1, 0.15) is 25.0 Å². The minimum Gasteiger partial charge on any atom is -0.456 e. The maximum absolute atomic E-state index is 6.31. The molecule has 0 radical (unpaired) electrons. The van der Waals surface area contributed by atoms with E-state index >= 15 is 0 Å². The van der Waals surface area contributed by atoms with E-state index in [-0.39, 0.29) is 5.41 Å². The number of furan rings is 1. The lowest BCUT2D eigenvalue weighted by Crippen LogP contribution is -2.14. The molecule has 0 saturated heterocycles. The van der Waals surface area contributed by atoms with Gasteiger partial charge in [0.15, 0.2) is 11.6 Å². The van der Waals surface area contributed by atoms with Crippen LogP contribution in [0.25, 0.3) is 94.7 Å². The summed E-state index contributed by atoms with van der Waals surface area (Å²) < 4.78 is 8.54.